The molecular formula is C19H14ClN3O. The van der Waals surface area contributed by atoms with E-state index in [0.717, 1.165) is 33.3 Å². The van der Waals surface area contributed by atoms with E-state index >= 15 is 0 Å². The molecule has 0 aliphatic carbocycles. The van der Waals surface area contributed by atoms with Crippen LogP contribution < -0.4 is 5.73 Å². The maximum absolute atomic E-state index is 6.51. The second-order valence-electron chi connectivity index (χ2n) is 5.63. The van der Waals surface area contributed by atoms with Gasteiger partial charge in [0.2, 0.25) is 0 Å². The van der Waals surface area contributed by atoms with Crippen molar-refractivity contribution in [2.45, 2.75) is 6.92 Å². The molecule has 4 nitrogen and oxygen atoms in total. The van der Waals surface area contributed by atoms with Crippen molar-refractivity contribution in [2.24, 2.45) is 0 Å². The van der Waals surface area contributed by atoms with E-state index in [9.17, 15) is 0 Å². The Morgan fingerprint density at radius 2 is 1.79 bits per heavy atom. The number of nitrogen functional groups attached to an aromatic ring is 1. The summed E-state index contributed by atoms with van der Waals surface area (Å²) in [6.45, 7) is 1.87. The van der Waals surface area contributed by atoms with E-state index in [1.54, 1.807) is 0 Å². The third-order valence-corrected chi connectivity index (χ3v) is 4.18. The van der Waals surface area contributed by atoms with Gasteiger partial charge < -0.3 is 10.3 Å². The molecule has 0 unspecified atom stereocenters. The van der Waals surface area contributed by atoms with Crippen LogP contribution in [0.3, 0.4) is 0 Å². The number of fused-ring (bicyclic) bond motifs is 1. The molecule has 0 radical (unpaired) electrons. The molecular weight excluding hydrogens is 322 g/mol. The maximum atomic E-state index is 6.51. The monoisotopic (exact) mass is 335 g/mol. The number of hydrogen-bond acceptors (Lipinski definition) is 4. The molecule has 0 aliphatic rings. The van der Waals surface area contributed by atoms with E-state index in [0.29, 0.717) is 16.6 Å². The normalized spacial score (nSPS) is 11.1. The van der Waals surface area contributed by atoms with E-state index in [4.69, 9.17) is 21.9 Å². The Morgan fingerprint density at radius 3 is 2.50 bits per heavy atom. The number of pyridine rings is 1. The van der Waals surface area contributed by atoms with E-state index in [1.807, 2.05) is 61.5 Å². The van der Waals surface area contributed by atoms with Crippen molar-refractivity contribution in [1.29, 1.82) is 0 Å². The molecule has 4 aromatic rings. The molecule has 118 valence electrons. The molecule has 0 aliphatic heterocycles. The van der Waals surface area contributed by atoms with Crippen LogP contribution in [0.5, 0.6) is 0 Å². The van der Waals surface area contributed by atoms with Gasteiger partial charge in [-0.2, -0.15) is 0 Å². The first kappa shape index (κ1) is 14.7. The average molecular weight is 336 g/mol. The van der Waals surface area contributed by atoms with E-state index < -0.39 is 0 Å². The highest BCUT2D eigenvalue weighted by atomic mass is 35.5. The summed E-state index contributed by atoms with van der Waals surface area (Å²) in [6, 6.07) is 17.5. The van der Waals surface area contributed by atoms with Crippen molar-refractivity contribution in [2.75, 3.05) is 5.73 Å². The van der Waals surface area contributed by atoms with Crippen LogP contribution in [0.15, 0.2) is 59.1 Å². The standard InChI is InChI=1S/C19H14ClN3O/c1-11-9-16(24-23-11)18-17(12-5-3-2-4-6-12)14-10-13(21)7-8-15(14)22-19(18)20/h2-10H,21H2,1H3. The Bertz CT molecular complexity index is 1040. The molecule has 0 spiro atoms. The number of hydrogen-bond donors (Lipinski definition) is 1. The van der Waals surface area contributed by atoms with Gasteiger partial charge in [0.1, 0.15) is 5.15 Å². The molecule has 4 rings (SSSR count). The van der Waals surface area contributed by atoms with Crippen molar-refractivity contribution >= 4 is 28.2 Å². The van der Waals surface area contributed by atoms with Crippen molar-refractivity contribution in [3.63, 3.8) is 0 Å². The zero-order chi connectivity index (χ0) is 16.7. The topological polar surface area (TPSA) is 64.9 Å². The molecule has 5 heteroatoms. The van der Waals surface area contributed by atoms with Crippen LogP contribution in [0.25, 0.3) is 33.4 Å². The van der Waals surface area contributed by atoms with E-state index in [-0.39, 0.29) is 0 Å². The van der Waals surface area contributed by atoms with Gasteiger partial charge in [0.15, 0.2) is 5.76 Å². The van der Waals surface area contributed by atoms with Gasteiger partial charge in [-0.1, -0.05) is 47.1 Å². The minimum absolute atomic E-state index is 0.377. The maximum Gasteiger partial charge on any atom is 0.170 e. The van der Waals surface area contributed by atoms with Crippen LogP contribution in [-0.4, -0.2) is 10.1 Å². The van der Waals surface area contributed by atoms with Gasteiger partial charge in [0, 0.05) is 22.7 Å². The molecule has 2 heterocycles. The third kappa shape index (κ3) is 2.41. The molecule has 0 saturated heterocycles. The van der Waals surface area contributed by atoms with Crippen LogP contribution in [0.1, 0.15) is 5.69 Å². The van der Waals surface area contributed by atoms with Crippen LogP contribution in [0, 0.1) is 6.92 Å². The van der Waals surface area contributed by atoms with Crippen molar-refractivity contribution in [3.8, 4) is 22.5 Å². The third-order valence-electron chi connectivity index (χ3n) is 3.90. The van der Waals surface area contributed by atoms with Crippen molar-refractivity contribution in [3.05, 3.63) is 65.4 Å². The lowest BCUT2D eigenvalue weighted by molar-refractivity contribution is 0.427. The first-order valence-electron chi connectivity index (χ1n) is 7.51. The number of rotatable bonds is 2. The number of benzene rings is 2. The van der Waals surface area contributed by atoms with Gasteiger partial charge >= 0.3 is 0 Å². The fourth-order valence-electron chi connectivity index (χ4n) is 2.86. The van der Waals surface area contributed by atoms with Gasteiger partial charge in [-0.15, -0.1) is 0 Å². The lowest BCUT2D eigenvalue weighted by Gasteiger charge is -2.13. The minimum Gasteiger partial charge on any atom is -0.399 e. The number of nitrogens with two attached hydrogens (primary N) is 1. The highest BCUT2D eigenvalue weighted by Gasteiger charge is 2.20. The predicted octanol–water partition coefficient (Wildman–Crippen LogP) is 5.10. The molecule has 0 saturated carbocycles. The molecule has 0 atom stereocenters. The van der Waals surface area contributed by atoms with E-state index in [2.05, 4.69) is 10.1 Å². The van der Waals surface area contributed by atoms with Gasteiger partial charge in [-0.3, -0.25) is 0 Å². The summed E-state index contributed by atoms with van der Waals surface area (Å²) in [4.78, 5) is 4.51. The van der Waals surface area contributed by atoms with Gasteiger partial charge in [-0.25, -0.2) is 4.98 Å². The van der Waals surface area contributed by atoms with Crippen molar-refractivity contribution in [1.82, 2.24) is 10.1 Å². The quantitative estimate of drug-likeness (QED) is 0.409. The van der Waals surface area contributed by atoms with Crippen LogP contribution in [0.2, 0.25) is 5.15 Å². The first-order chi connectivity index (χ1) is 11.6. The number of halogens is 1. The zero-order valence-electron chi connectivity index (χ0n) is 13.0. The fourth-order valence-corrected chi connectivity index (χ4v) is 3.14. The second kappa shape index (κ2) is 5.65. The summed E-state index contributed by atoms with van der Waals surface area (Å²) in [5, 5.41) is 5.28. The molecule has 2 N–H and O–H groups in total. The largest absolute Gasteiger partial charge is 0.399 e. The highest BCUT2D eigenvalue weighted by Crippen LogP contribution is 2.41. The van der Waals surface area contributed by atoms with Gasteiger partial charge in [0.05, 0.1) is 16.8 Å². The summed E-state index contributed by atoms with van der Waals surface area (Å²) in [5.74, 6) is 0.591. The second-order valence-corrected chi connectivity index (χ2v) is 5.99. The van der Waals surface area contributed by atoms with Gasteiger partial charge in [0.25, 0.3) is 0 Å². The fraction of sp³-hybridized carbons (Fsp3) is 0.0526. The molecule has 0 bridgehead atoms. The van der Waals surface area contributed by atoms with Crippen molar-refractivity contribution < 1.29 is 4.52 Å². The summed E-state index contributed by atoms with van der Waals surface area (Å²) in [6.07, 6.45) is 0. The van der Waals surface area contributed by atoms with E-state index in [1.165, 1.54) is 0 Å². The number of nitrogens with zero attached hydrogens (tertiary/aromatic N) is 2. The zero-order valence-corrected chi connectivity index (χ0v) is 13.7. The number of anilines is 1. The Morgan fingerprint density at radius 1 is 1.00 bits per heavy atom. The average Bonchev–Trinajstić information content (AvgIpc) is 3.01. The first-order valence-corrected chi connectivity index (χ1v) is 7.89. The summed E-state index contributed by atoms with van der Waals surface area (Å²) < 4.78 is 5.47. The molecule has 24 heavy (non-hydrogen) atoms. The molecule has 0 fully saturated rings. The molecule has 2 aromatic heterocycles. The molecule has 2 aromatic carbocycles. The predicted molar refractivity (Wildman–Crippen MR) is 96.8 cm³/mol. The van der Waals surface area contributed by atoms with Crippen LogP contribution in [-0.2, 0) is 0 Å². The lowest BCUT2D eigenvalue weighted by atomic mass is 9.95. The SMILES string of the molecule is Cc1cc(-c2c(Cl)nc3ccc(N)cc3c2-c2ccccc2)on1. The lowest BCUT2D eigenvalue weighted by Crippen LogP contribution is -1.94. The highest BCUT2D eigenvalue weighted by molar-refractivity contribution is 6.34. The molecule has 0 amide bonds. The minimum atomic E-state index is 0.377. The Kier molecular flexibility index (Phi) is 3.47. The summed E-state index contributed by atoms with van der Waals surface area (Å²) >= 11 is 6.51. The Labute approximate surface area is 143 Å². The van der Waals surface area contributed by atoms with Crippen LogP contribution >= 0.6 is 11.6 Å². The number of aryl methyl sites for hydroxylation is 1. The summed E-state index contributed by atoms with van der Waals surface area (Å²) in [7, 11) is 0. The van der Waals surface area contributed by atoms with Gasteiger partial charge in [-0.05, 0) is 30.7 Å². The summed E-state index contributed by atoms with van der Waals surface area (Å²) in [5.41, 5.74) is 10.9. The number of aromatic nitrogens is 2. The smallest absolute Gasteiger partial charge is 0.170 e. The Balaban J connectivity index is 2.16. The Hall–Kier alpha value is -2.85. The van der Waals surface area contributed by atoms with Crippen LogP contribution in [0.4, 0.5) is 5.69 Å².